The molecule has 2 aliphatic heterocycles. The van der Waals surface area contributed by atoms with Gasteiger partial charge in [0.2, 0.25) is 17.7 Å². The zero-order chi connectivity index (χ0) is 18.5. The Hall–Kier alpha value is -2.37. The smallest absolute Gasteiger partial charge is 0.225 e. The number of nitrogens with one attached hydrogen (secondary N) is 1. The van der Waals surface area contributed by atoms with Crippen molar-refractivity contribution < 1.29 is 14.4 Å². The second kappa shape index (κ2) is 8.34. The summed E-state index contributed by atoms with van der Waals surface area (Å²) < 4.78 is 0. The van der Waals surface area contributed by atoms with E-state index in [4.69, 9.17) is 0 Å². The van der Waals surface area contributed by atoms with Crippen LogP contribution in [0.25, 0.3) is 0 Å². The summed E-state index contributed by atoms with van der Waals surface area (Å²) in [6.07, 6.45) is 2.62. The van der Waals surface area contributed by atoms with Crippen molar-refractivity contribution in [1.82, 2.24) is 15.1 Å². The number of rotatable bonds is 7. The third-order valence-corrected chi connectivity index (χ3v) is 5.15. The lowest BCUT2D eigenvalue weighted by molar-refractivity contribution is -0.129. The van der Waals surface area contributed by atoms with E-state index < -0.39 is 0 Å². The van der Waals surface area contributed by atoms with Crippen LogP contribution in [0, 0.1) is 12.8 Å². The summed E-state index contributed by atoms with van der Waals surface area (Å²) >= 11 is 0. The molecule has 0 radical (unpaired) electrons. The Morgan fingerprint density at radius 3 is 2.62 bits per heavy atom. The Morgan fingerprint density at radius 2 is 1.92 bits per heavy atom. The summed E-state index contributed by atoms with van der Waals surface area (Å²) in [6.45, 7) is 5.14. The van der Waals surface area contributed by atoms with Crippen LogP contribution in [0.4, 0.5) is 0 Å². The first-order valence-electron chi connectivity index (χ1n) is 9.42. The highest BCUT2D eigenvalue weighted by Crippen LogP contribution is 2.20. The van der Waals surface area contributed by atoms with E-state index in [-0.39, 0.29) is 30.1 Å². The van der Waals surface area contributed by atoms with Gasteiger partial charge in [-0.25, -0.2) is 0 Å². The molecule has 6 heteroatoms. The van der Waals surface area contributed by atoms with Crippen LogP contribution in [0.3, 0.4) is 0 Å². The Labute approximate surface area is 154 Å². The molecule has 2 heterocycles. The van der Waals surface area contributed by atoms with Crippen LogP contribution in [-0.2, 0) is 20.9 Å². The molecule has 2 saturated heterocycles. The minimum atomic E-state index is -0.277. The van der Waals surface area contributed by atoms with E-state index >= 15 is 0 Å². The van der Waals surface area contributed by atoms with Crippen LogP contribution < -0.4 is 5.32 Å². The van der Waals surface area contributed by atoms with Gasteiger partial charge in [0.1, 0.15) is 0 Å². The van der Waals surface area contributed by atoms with Gasteiger partial charge in [0, 0.05) is 45.6 Å². The summed E-state index contributed by atoms with van der Waals surface area (Å²) in [4.78, 5) is 39.7. The van der Waals surface area contributed by atoms with Crippen LogP contribution >= 0.6 is 0 Å². The van der Waals surface area contributed by atoms with Crippen LogP contribution in [0.1, 0.15) is 36.8 Å². The standard InChI is InChI=1S/C20H27N3O3/c1-15-5-7-16(8-6-15)13-23-14-17(12-19(23)25)20(26)21-9-3-11-22-10-2-4-18(22)24/h5-8,17H,2-4,9-14H2,1H3,(H,21,26). The second-order valence-corrected chi connectivity index (χ2v) is 7.29. The molecule has 3 rings (SSSR count). The molecule has 3 amide bonds. The third-order valence-electron chi connectivity index (χ3n) is 5.15. The van der Waals surface area contributed by atoms with E-state index in [1.54, 1.807) is 4.90 Å². The zero-order valence-electron chi connectivity index (χ0n) is 15.4. The topological polar surface area (TPSA) is 69.7 Å². The van der Waals surface area contributed by atoms with Crippen molar-refractivity contribution in [2.75, 3.05) is 26.2 Å². The number of carbonyl (C=O) groups is 3. The number of amides is 3. The maximum Gasteiger partial charge on any atom is 0.225 e. The number of carbonyl (C=O) groups excluding carboxylic acids is 3. The summed E-state index contributed by atoms with van der Waals surface area (Å²) in [5.74, 6) is -0.0864. The van der Waals surface area contributed by atoms with Crippen molar-refractivity contribution in [3.8, 4) is 0 Å². The largest absolute Gasteiger partial charge is 0.356 e. The minimum Gasteiger partial charge on any atom is -0.356 e. The van der Waals surface area contributed by atoms with Gasteiger partial charge in [-0.15, -0.1) is 0 Å². The summed E-state index contributed by atoms with van der Waals surface area (Å²) in [7, 11) is 0. The molecule has 0 spiro atoms. The van der Waals surface area contributed by atoms with Gasteiger partial charge in [-0.1, -0.05) is 29.8 Å². The monoisotopic (exact) mass is 357 g/mol. The van der Waals surface area contributed by atoms with E-state index in [2.05, 4.69) is 5.32 Å². The van der Waals surface area contributed by atoms with Gasteiger partial charge in [-0.3, -0.25) is 14.4 Å². The Bertz CT molecular complexity index is 671. The molecule has 0 saturated carbocycles. The number of nitrogens with zero attached hydrogens (tertiary/aromatic N) is 2. The molecule has 0 aliphatic carbocycles. The summed E-state index contributed by atoms with van der Waals surface area (Å²) in [5.41, 5.74) is 2.27. The predicted octanol–water partition coefficient (Wildman–Crippen LogP) is 1.47. The van der Waals surface area contributed by atoms with E-state index in [1.165, 1.54) is 5.56 Å². The first-order chi connectivity index (χ1) is 12.5. The minimum absolute atomic E-state index is 0.0355. The van der Waals surface area contributed by atoms with Crippen LogP contribution in [0.15, 0.2) is 24.3 Å². The maximum atomic E-state index is 12.3. The summed E-state index contributed by atoms with van der Waals surface area (Å²) in [5, 5.41) is 2.92. The fraction of sp³-hybridized carbons (Fsp3) is 0.550. The molecule has 1 aromatic carbocycles. The lowest BCUT2D eigenvalue weighted by Gasteiger charge is -2.17. The molecular weight excluding hydrogens is 330 g/mol. The maximum absolute atomic E-state index is 12.3. The fourth-order valence-corrected chi connectivity index (χ4v) is 3.58. The number of hydrogen-bond acceptors (Lipinski definition) is 3. The van der Waals surface area contributed by atoms with Crippen LogP contribution in [-0.4, -0.2) is 53.7 Å². The molecule has 1 N–H and O–H groups in total. The van der Waals surface area contributed by atoms with Crippen molar-refractivity contribution in [3.05, 3.63) is 35.4 Å². The van der Waals surface area contributed by atoms with Crippen LogP contribution in [0.5, 0.6) is 0 Å². The first-order valence-corrected chi connectivity index (χ1v) is 9.42. The lowest BCUT2D eigenvalue weighted by atomic mass is 10.1. The van der Waals surface area contributed by atoms with E-state index in [1.807, 2.05) is 36.1 Å². The van der Waals surface area contributed by atoms with Crippen molar-refractivity contribution >= 4 is 17.7 Å². The molecule has 0 aromatic heterocycles. The van der Waals surface area contributed by atoms with Gasteiger partial charge in [-0.05, 0) is 25.3 Å². The fourth-order valence-electron chi connectivity index (χ4n) is 3.58. The van der Waals surface area contributed by atoms with Gasteiger partial charge >= 0.3 is 0 Å². The number of benzene rings is 1. The van der Waals surface area contributed by atoms with Gasteiger partial charge in [-0.2, -0.15) is 0 Å². The Balaban J connectivity index is 1.40. The average Bonchev–Trinajstić information content (AvgIpc) is 3.19. The zero-order valence-corrected chi connectivity index (χ0v) is 15.4. The molecule has 26 heavy (non-hydrogen) atoms. The predicted molar refractivity (Wildman–Crippen MR) is 98.1 cm³/mol. The average molecular weight is 357 g/mol. The molecule has 2 aliphatic rings. The van der Waals surface area contributed by atoms with Crippen molar-refractivity contribution in [2.45, 2.75) is 39.2 Å². The molecular formula is C20H27N3O3. The molecule has 1 aromatic rings. The van der Waals surface area contributed by atoms with Crippen molar-refractivity contribution in [2.24, 2.45) is 5.92 Å². The third kappa shape index (κ3) is 4.62. The second-order valence-electron chi connectivity index (χ2n) is 7.29. The highest BCUT2D eigenvalue weighted by molar-refractivity contribution is 5.89. The summed E-state index contributed by atoms with van der Waals surface area (Å²) in [6, 6.07) is 8.11. The SMILES string of the molecule is Cc1ccc(CN2CC(C(=O)NCCCN3CCCC3=O)CC2=O)cc1. The van der Waals surface area contributed by atoms with Gasteiger partial charge in [0.05, 0.1) is 5.92 Å². The van der Waals surface area contributed by atoms with E-state index in [0.29, 0.717) is 32.6 Å². The van der Waals surface area contributed by atoms with Gasteiger partial charge in [0.25, 0.3) is 0 Å². The number of hydrogen-bond donors (Lipinski definition) is 1. The van der Waals surface area contributed by atoms with E-state index in [9.17, 15) is 14.4 Å². The van der Waals surface area contributed by atoms with Gasteiger partial charge in [0.15, 0.2) is 0 Å². The normalized spacial score (nSPS) is 20.1. The highest BCUT2D eigenvalue weighted by atomic mass is 16.2. The first kappa shape index (κ1) is 18.4. The van der Waals surface area contributed by atoms with Crippen LogP contribution in [0.2, 0.25) is 0 Å². The molecule has 140 valence electrons. The number of aryl methyl sites for hydroxylation is 1. The van der Waals surface area contributed by atoms with Gasteiger partial charge < -0.3 is 15.1 Å². The lowest BCUT2D eigenvalue weighted by Crippen LogP contribution is -2.35. The molecule has 2 fully saturated rings. The molecule has 0 bridgehead atoms. The Morgan fingerprint density at radius 1 is 1.15 bits per heavy atom. The van der Waals surface area contributed by atoms with E-state index in [0.717, 1.165) is 24.9 Å². The Kier molecular flexibility index (Phi) is 5.91. The molecule has 1 unspecified atom stereocenters. The quantitative estimate of drug-likeness (QED) is 0.752. The number of likely N-dealkylation sites (tertiary alicyclic amines) is 2. The van der Waals surface area contributed by atoms with Crippen molar-refractivity contribution in [1.29, 1.82) is 0 Å². The molecule has 6 nitrogen and oxygen atoms in total. The van der Waals surface area contributed by atoms with Crippen molar-refractivity contribution in [3.63, 3.8) is 0 Å². The highest BCUT2D eigenvalue weighted by Gasteiger charge is 2.34. The molecule has 1 atom stereocenters.